The maximum absolute atomic E-state index is 2.52. The first kappa shape index (κ1) is 14.6. The third-order valence-corrected chi connectivity index (χ3v) is 9.10. The predicted octanol–water partition coefficient (Wildman–Crippen LogP) is 7.32. The van der Waals surface area contributed by atoms with Gasteiger partial charge in [-0.25, -0.2) is 0 Å². The highest BCUT2D eigenvalue weighted by Gasteiger charge is 2.59. The van der Waals surface area contributed by atoms with Gasteiger partial charge in [-0.15, -0.1) is 0 Å². The highest BCUT2D eigenvalue weighted by Crippen LogP contribution is 2.69. The fraction of sp³-hybridized carbons (Fsp3) is 0.357. The number of benzene rings is 4. The van der Waals surface area contributed by atoms with Crippen LogP contribution in [0, 0.1) is 17.8 Å². The van der Waals surface area contributed by atoms with Gasteiger partial charge in [0.2, 0.25) is 0 Å². The van der Waals surface area contributed by atoms with Gasteiger partial charge in [0.15, 0.2) is 0 Å². The van der Waals surface area contributed by atoms with E-state index in [1.54, 1.807) is 21.9 Å². The highest BCUT2D eigenvalue weighted by atomic mass is 14.6. The van der Waals surface area contributed by atoms with Crippen LogP contribution >= 0.6 is 0 Å². The van der Waals surface area contributed by atoms with Gasteiger partial charge in [-0.05, 0) is 99.2 Å². The second-order valence-electron chi connectivity index (χ2n) is 10.3. The Kier molecular flexibility index (Phi) is 2.41. The lowest BCUT2D eigenvalue weighted by Gasteiger charge is -2.63. The van der Waals surface area contributed by atoms with Crippen molar-refractivity contribution >= 4 is 32.3 Å². The Balaban J connectivity index is 1.65. The molecule has 5 aliphatic carbocycles. The molecule has 3 unspecified atom stereocenters. The van der Waals surface area contributed by atoms with Crippen molar-refractivity contribution in [3.63, 3.8) is 0 Å². The zero-order valence-electron chi connectivity index (χ0n) is 16.1. The Morgan fingerprint density at radius 2 is 1.25 bits per heavy atom. The van der Waals surface area contributed by atoms with Gasteiger partial charge in [0.05, 0.1) is 0 Å². The highest BCUT2D eigenvalue weighted by molar-refractivity contribution is 6.27. The van der Waals surface area contributed by atoms with Crippen LogP contribution in [0.2, 0.25) is 0 Å². The third kappa shape index (κ3) is 1.48. The normalized spacial score (nSPS) is 34.6. The molecule has 4 saturated carbocycles. The second kappa shape index (κ2) is 4.62. The van der Waals surface area contributed by atoms with Crippen molar-refractivity contribution in [2.24, 2.45) is 17.8 Å². The van der Waals surface area contributed by atoms with Crippen LogP contribution in [0.4, 0.5) is 0 Å². The summed E-state index contributed by atoms with van der Waals surface area (Å²) in [6.45, 7) is 0. The van der Waals surface area contributed by atoms with Crippen LogP contribution < -0.4 is 0 Å². The lowest BCUT2D eigenvalue weighted by Crippen LogP contribution is -2.54. The lowest BCUT2D eigenvalue weighted by atomic mass is 9.41. The summed E-state index contributed by atoms with van der Waals surface area (Å²) < 4.78 is 0. The Labute approximate surface area is 165 Å². The molecule has 4 aromatic rings. The minimum Gasteiger partial charge on any atom is -0.0616 e. The molecule has 0 radical (unpaired) electrons. The van der Waals surface area contributed by atoms with E-state index in [1.165, 1.54) is 53.6 Å². The number of hydrogen-bond acceptors (Lipinski definition) is 0. The molecule has 3 atom stereocenters. The van der Waals surface area contributed by atoms with Crippen LogP contribution in [-0.2, 0) is 5.41 Å². The summed E-state index contributed by atoms with van der Waals surface area (Å²) in [5.74, 6) is 3.62. The summed E-state index contributed by atoms with van der Waals surface area (Å²) >= 11 is 0. The van der Waals surface area contributed by atoms with Gasteiger partial charge in [-0.1, -0.05) is 60.7 Å². The smallest absolute Gasteiger partial charge is 0.00361 e. The van der Waals surface area contributed by atoms with Crippen molar-refractivity contribution in [2.45, 2.75) is 43.4 Å². The van der Waals surface area contributed by atoms with Crippen molar-refractivity contribution in [1.82, 2.24) is 0 Å². The zero-order chi connectivity index (χ0) is 18.0. The van der Waals surface area contributed by atoms with Crippen molar-refractivity contribution in [3.8, 4) is 0 Å². The van der Waals surface area contributed by atoms with Crippen LogP contribution in [0.3, 0.4) is 0 Å². The molecule has 0 aromatic heterocycles. The molecule has 0 heteroatoms. The fourth-order valence-corrected chi connectivity index (χ4v) is 8.73. The van der Waals surface area contributed by atoms with E-state index >= 15 is 0 Å². The molecule has 0 aliphatic heterocycles. The maximum Gasteiger partial charge on any atom is 0.00361 e. The number of rotatable bonds is 0. The molecule has 0 saturated heterocycles. The van der Waals surface area contributed by atoms with E-state index in [0.29, 0.717) is 5.41 Å². The summed E-state index contributed by atoms with van der Waals surface area (Å²) in [6.07, 6.45) is 7.35. The first-order chi connectivity index (χ1) is 13.8. The molecular formula is C28H24. The molecule has 4 bridgehead atoms. The van der Waals surface area contributed by atoms with Crippen molar-refractivity contribution in [1.29, 1.82) is 0 Å². The average molecular weight is 361 g/mol. The van der Waals surface area contributed by atoms with Crippen molar-refractivity contribution in [2.75, 3.05) is 0 Å². The van der Waals surface area contributed by atoms with Gasteiger partial charge in [0.1, 0.15) is 0 Å². The SMILES string of the molecule is c1ccc2c(c1)c1cccc3c1c1c(cccc21)C12CC4CC(CC(C4)C31)C2. The van der Waals surface area contributed by atoms with Gasteiger partial charge in [0, 0.05) is 5.41 Å². The second-order valence-corrected chi connectivity index (χ2v) is 10.3. The van der Waals surface area contributed by atoms with Crippen LogP contribution in [0.5, 0.6) is 0 Å². The Morgan fingerprint density at radius 3 is 2.00 bits per heavy atom. The molecule has 5 aliphatic rings. The first-order valence-corrected chi connectivity index (χ1v) is 11.2. The fourth-order valence-electron chi connectivity index (χ4n) is 8.73. The molecule has 0 nitrogen and oxygen atoms in total. The van der Waals surface area contributed by atoms with Gasteiger partial charge in [0.25, 0.3) is 0 Å². The monoisotopic (exact) mass is 360 g/mol. The van der Waals surface area contributed by atoms with E-state index in [4.69, 9.17) is 0 Å². The molecule has 4 fully saturated rings. The van der Waals surface area contributed by atoms with Gasteiger partial charge in [-0.3, -0.25) is 0 Å². The van der Waals surface area contributed by atoms with Gasteiger partial charge in [-0.2, -0.15) is 0 Å². The predicted molar refractivity (Wildman–Crippen MR) is 117 cm³/mol. The maximum atomic E-state index is 2.52. The van der Waals surface area contributed by atoms with E-state index in [9.17, 15) is 0 Å². The standard InChI is InChI=1S/C28H24/c1-2-6-20-19(5-1)21-7-3-9-23-25(21)26-22(20)8-4-10-24(26)28-14-16-11-17(15-28)13-18(12-16)27(23)28/h1-10,16-18,27H,11-15H2. The van der Waals surface area contributed by atoms with Crippen molar-refractivity contribution < 1.29 is 0 Å². The van der Waals surface area contributed by atoms with Crippen molar-refractivity contribution in [3.05, 3.63) is 71.8 Å². The largest absolute Gasteiger partial charge is 0.0616 e. The molecule has 0 heterocycles. The topological polar surface area (TPSA) is 0 Å². The summed E-state index contributed by atoms with van der Waals surface area (Å²) in [6, 6.07) is 23.6. The van der Waals surface area contributed by atoms with Crippen LogP contribution in [0.15, 0.2) is 60.7 Å². The summed E-state index contributed by atoms with van der Waals surface area (Å²) in [5.41, 5.74) is 3.82. The minimum atomic E-state index is 0.415. The molecule has 136 valence electrons. The van der Waals surface area contributed by atoms with E-state index < -0.39 is 0 Å². The molecule has 0 amide bonds. The van der Waals surface area contributed by atoms with E-state index in [1.807, 2.05) is 0 Å². The van der Waals surface area contributed by atoms with Gasteiger partial charge < -0.3 is 0 Å². The molecule has 28 heavy (non-hydrogen) atoms. The minimum absolute atomic E-state index is 0.415. The Bertz CT molecular complexity index is 1310. The van der Waals surface area contributed by atoms with Gasteiger partial charge >= 0.3 is 0 Å². The van der Waals surface area contributed by atoms with E-state index in [0.717, 1.165) is 23.7 Å². The molecule has 4 aromatic carbocycles. The van der Waals surface area contributed by atoms with Crippen LogP contribution in [0.1, 0.15) is 49.1 Å². The lowest BCUT2D eigenvalue weighted by molar-refractivity contribution is -0.0276. The Hall–Kier alpha value is -2.34. The first-order valence-electron chi connectivity index (χ1n) is 11.2. The summed E-state index contributed by atoms with van der Waals surface area (Å²) in [5, 5.41) is 9.04. The van der Waals surface area contributed by atoms with Crippen LogP contribution in [-0.4, -0.2) is 0 Å². The average Bonchev–Trinajstić information content (AvgIpc) is 2.72. The third-order valence-electron chi connectivity index (χ3n) is 9.10. The molecule has 1 spiro atoms. The molecular weight excluding hydrogens is 336 g/mol. The Morgan fingerprint density at radius 1 is 0.607 bits per heavy atom. The number of fused-ring (bicyclic) bond motifs is 3. The van der Waals surface area contributed by atoms with E-state index in [-0.39, 0.29) is 0 Å². The summed E-state index contributed by atoms with van der Waals surface area (Å²) in [4.78, 5) is 0. The van der Waals surface area contributed by atoms with E-state index in [2.05, 4.69) is 60.7 Å². The molecule has 0 N–H and O–H groups in total. The summed E-state index contributed by atoms with van der Waals surface area (Å²) in [7, 11) is 0. The zero-order valence-corrected chi connectivity index (χ0v) is 16.1. The molecule has 9 rings (SSSR count). The number of hydrogen-bond donors (Lipinski definition) is 0. The quantitative estimate of drug-likeness (QED) is 0.288. The van der Waals surface area contributed by atoms with Crippen LogP contribution in [0.25, 0.3) is 32.3 Å².